The van der Waals surface area contributed by atoms with Gasteiger partial charge in [0.25, 0.3) is 5.91 Å². The van der Waals surface area contributed by atoms with Gasteiger partial charge in [-0.1, -0.05) is 6.07 Å². The molecule has 26 heavy (non-hydrogen) atoms. The minimum atomic E-state index is -4.44. The zero-order chi connectivity index (χ0) is 18.6. The van der Waals surface area contributed by atoms with Crippen LogP contribution < -0.4 is 0 Å². The summed E-state index contributed by atoms with van der Waals surface area (Å²) in [5.41, 5.74) is 0.0381. The monoisotopic (exact) mass is 360 g/mol. The number of hydrogen-bond acceptors (Lipinski definition) is 3. The van der Waals surface area contributed by atoms with Crippen molar-refractivity contribution in [3.05, 3.63) is 89.6 Å². The molecule has 0 saturated heterocycles. The summed E-state index contributed by atoms with van der Waals surface area (Å²) < 4.78 is 43.4. The lowest BCUT2D eigenvalue weighted by Gasteiger charge is -2.21. The fourth-order valence-corrected chi connectivity index (χ4v) is 2.46. The molecule has 0 aliphatic heterocycles. The van der Waals surface area contributed by atoms with Crippen LogP contribution in [-0.4, -0.2) is 15.8 Å². The number of carbonyl (C=O) groups excluding carboxylic acids is 1. The van der Waals surface area contributed by atoms with Gasteiger partial charge in [0.05, 0.1) is 30.6 Å². The first-order valence-electron chi connectivity index (χ1n) is 7.82. The van der Waals surface area contributed by atoms with Crippen molar-refractivity contribution in [3.8, 4) is 0 Å². The summed E-state index contributed by atoms with van der Waals surface area (Å²) in [7, 11) is 0. The Morgan fingerprint density at radius 2 is 1.77 bits per heavy atom. The van der Waals surface area contributed by atoms with E-state index in [9.17, 15) is 18.0 Å². The van der Waals surface area contributed by atoms with Crippen LogP contribution in [0.4, 0.5) is 13.2 Å². The topological polar surface area (TPSA) is 46.3 Å². The lowest BCUT2D eigenvalue weighted by molar-refractivity contribution is -0.137. The normalized spacial score (nSPS) is 11.3. The molecule has 4 nitrogen and oxygen atoms in total. The van der Waals surface area contributed by atoms with Crippen LogP contribution in [0.25, 0.3) is 0 Å². The molecule has 1 aromatic carbocycles. The van der Waals surface area contributed by atoms with Gasteiger partial charge in [-0.15, -0.1) is 0 Å². The molecular formula is C19H15F3N2O2. The van der Waals surface area contributed by atoms with Crippen molar-refractivity contribution in [2.75, 3.05) is 0 Å². The van der Waals surface area contributed by atoms with Crippen molar-refractivity contribution in [3.63, 3.8) is 0 Å². The lowest BCUT2D eigenvalue weighted by atomic mass is 10.1. The molecule has 0 saturated carbocycles. The molecular weight excluding hydrogens is 345 g/mol. The molecule has 0 N–H and O–H groups in total. The van der Waals surface area contributed by atoms with E-state index < -0.39 is 17.6 Å². The zero-order valence-corrected chi connectivity index (χ0v) is 13.6. The maximum absolute atomic E-state index is 12.8. The van der Waals surface area contributed by atoms with Crippen LogP contribution in [0.1, 0.15) is 27.4 Å². The second kappa shape index (κ2) is 7.43. The van der Waals surface area contributed by atoms with Crippen molar-refractivity contribution < 1.29 is 22.4 Å². The van der Waals surface area contributed by atoms with Crippen LogP contribution in [-0.2, 0) is 19.3 Å². The minimum absolute atomic E-state index is 0.167. The number of rotatable bonds is 5. The van der Waals surface area contributed by atoms with E-state index in [0.29, 0.717) is 11.5 Å². The average molecular weight is 360 g/mol. The first kappa shape index (κ1) is 17.7. The van der Waals surface area contributed by atoms with E-state index in [-0.39, 0.29) is 18.7 Å². The summed E-state index contributed by atoms with van der Waals surface area (Å²) in [6.07, 6.45) is -1.33. The third kappa shape index (κ3) is 4.30. The summed E-state index contributed by atoms with van der Waals surface area (Å²) >= 11 is 0. The Bertz CT molecular complexity index is 845. The molecule has 134 valence electrons. The molecule has 0 aliphatic carbocycles. The molecule has 0 aliphatic rings. The standard InChI is InChI=1S/C19H15F3N2O2/c20-19(21,22)15-8-6-14(7-9-15)18(25)24(13-17-5-3-11-26-17)12-16-4-1-2-10-23-16/h1-11H,12-13H2. The van der Waals surface area contributed by atoms with E-state index in [1.165, 1.54) is 23.3 Å². The number of pyridine rings is 1. The average Bonchev–Trinajstić information content (AvgIpc) is 3.14. The summed E-state index contributed by atoms with van der Waals surface area (Å²) in [6, 6.07) is 12.9. The number of alkyl halides is 3. The van der Waals surface area contributed by atoms with E-state index in [2.05, 4.69) is 4.98 Å². The predicted molar refractivity (Wildman–Crippen MR) is 88.0 cm³/mol. The Labute approximate surface area is 147 Å². The summed E-state index contributed by atoms with van der Waals surface area (Å²) in [4.78, 5) is 18.5. The van der Waals surface area contributed by atoms with Gasteiger partial charge < -0.3 is 9.32 Å². The number of benzene rings is 1. The maximum atomic E-state index is 12.8. The Balaban J connectivity index is 1.84. The Hall–Kier alpha value is -3.09. The Morgan fingerprint density at radius 3 is 2.35 bits per heavy atom. The number of furan rings is 1. The zero-order valence-electron chi connectivity index (χ0n) is 13.6. The highest BCUT2D eigenvalue weighted by atomic mass is 19.4. The quantitative estimate of drug-likeness (QED) is 0.671. The molecule has 3 rings (SSSR count). The number of carbonyl (C=O) groups is 1. The van der Waals surface area contributed by atoms with E-state index in [1.54, 1.807) is 36.5 Å². The van der Waals surface area contributed by atoms with Gasteiger partial charge in [0, 0.05) is 11.8 Å². The highest BCUT2D eigenvalue weighted by molar-refractivity contribution is 5.94. The molecule has 0 bridgehead atoms. The number of halogens is 3. The third-order valence-corrected chi connectivity index (χ3v) is 3.75. The van der Waals surface area contributed by atoms with Crippen LogP contribution in [0.15, 0.2) is 71.5 Å². The largest absolute Gasteiger partial charge is 0.467 e. The van der Waals surface area contributed by atoms with E-state index in [0.717, 1.165) is 12.1 Å². The summed E-state index contributed by atoms with van der Waals surface area (Å²) in [5, 5.41) is 0. The second-order valence-electron chi connectivity index (χ2n) is 5.64. The predicted octanol–water partition coefficient (Wildman–Crippen LogP) is 4.54. The second-order valence-corrected chi connectivity index (χ2v) is 5.64. The van der Waals surface area contributed by atoms with Gasteiger partial charge in [-0.25, -0.2) is 0 Å². The number of aromatic nitrogens is 1. The van der Waals surface area contributed by atoms with Crippen LogP contribution in [0.2, 0.25) is 0 Å². The SMILES string of the molecule is O=C(c1ccc(C(F)(F)F)cc1)N(Cc1ccccn1)Cc1ccco1. The molecule has 0 unspecified atom stereocenters. The van der Waals surface area contributed by atoms with Crippen LogP contribution >= 0.6 is 0 Å². The molecule has 7 heteroatoms. The number of nitrogens with zero attached hydrogens (tertiary/aromatic N) is 2. The van der Waals surface area contributed by atoms with E-state index in [1.807, 2.05) is 0 Å². The maximum Gasteiger partial charge on any atom is 0.416 e. The minimum Gasteiger partial charge on any atom is -0.467 e. The highest BCUT2D eigenvalue weighted by Crippen LogP contribution is 2.29. The number of amides is 1. The van der Waals surface area contributed by atoms with Gasteiger partial charge in [0.1, 0.15) is 5.76 Å². The Kier molecular flexibility index (Phi) is 5.06. The van der Waals surface area contributed by atoms with E-state index in [4.69, 9.17) is 4.42 Å². The van der Waals surface area contributed by atoms with Crippen LogP contribution in [0, 0.1) is 0 Å². The lowest BCUT2D eigenvalue weighted by Crippen LogP contribution is -2.30. The van der Waals surface area contributed by atoms with Gasteiger partial charge in [-0.2, -0.15) is 13.2 Å². The molecule has 0 spiro atoms. The fraction of sp³-hybridized carbons (Fsp3) is 0.158. The molecule has 2 heterocycles. The Morgan fingerprint density at radius 1 is 1.00 bits per heavy atom. The van der Waals surface area contributed by atoms with Crippen LogP contribution in [0.5, 0.6) is 0 Å². The molecule has 2 aromatic heterocycles. The summed E-state index contributed by atoms with van der Waals surface area (Å²) in [5.74, 6) is 0.168. The van der Waals surface area contributed by atoms with Crippen LogP contribution in [0.3, 0.4) is 0 Å². The van der Waals surface area contributed by atoms with Gasteiger partial charge in [-0.3, -0.25) is 9.78 Å². The van der Waals surface area contributed by atoms with Gasteiger partial charge in [0.15, 0.2) is 0 Å². The van der Waals surface area contributed by atoms with Gasteiger partial charge in [-0.05, 0) is 48.5 Å². The molecule has 1 amide bonds. The van der Waals surface area contributed by atoms with Crippen molar-refractivity contribution in [2.24, 2.45) is 0 Å². The fourth-order valence-electron chi connectivity index (χ4n) is 2.46. The highest BCUT2D eigenvalue weighted by Gasteiger charge is 2.30. The van der Waals surface area contributed by atoms with E-state index >= 15 is 0 Å². The first-order valence-corrected chi connectivity index (χ1v) is 7.82. The molecule has 0 atom stereocenters. The third-order valence-electron chi connectivity index (χ3n) is 3.75. The van der Waals surface area contributed by atoms with Crippen molar-refractivity contribution in [2.45, 2.75) is 19.3 Å². The van der Waals surface area contributed by atoms with Gasteiger partial charge in [0.2, 0.25) is 0 Å². The smallest absolute Gasteiger partial charge is 0.416 e. The first-order chi connectivity index (χ1) is 12.4. The number of hydrogen-bond donors (Lipinski definition) is 0. The molecule has 0 fully saturated rings. The van der Waals surface area contributed by atoms with Crippen molar-refractivity contribution in [1.82, 2.24) is 9.88 Å². The summed E-state index contributed by atoms with van der Waals surface area (Å²) in [6.45, 7) is 0.394. The molecule has 3 aromatic rings. The van der Waals surface area contributed by atoms with Gasteiger partial charge >= 0.3 is 6.18 Å². The van der Waals surface area contributed by atoms with Crippen molar-refractivity contribution in [1.29, 1.82) is 0 Å². The van der Waals surface area contributed by atoms with Crippen molar-refractivity contribution >= 4 is 5.91 Å². The molecule has 0 radical (unpaired) electrons.